The van der Waals surface area contributed by atoms with Gasteiger partial charge in [-0.2, -0.15) is 0 Å². The van der Waals surface area contributed by atoms with Gasteiger partial charge in [-0.1, -0.05) is 39.8 Å². The van der Waals surface area contributed by atoms with Gasteiger partial charge in [0.15, 0.2) is 6.04 Å². The van der Waals surface area contributed by atoms with Crippen LogP contribution in [0.2, 0.25) is 0 Å². The number of nitrogens with two attached hydrogens (primary N) is 1. The summed E-state index contributed by atoms with van der Waals surface area (Å²) < 4.78 is 0. The van der Waals surface area contributed by atoms with Gasteiger partial charge in [0.2, 0.25) is 5.91 Å². The van der Waals surface area contributed by atoms with Crippen molar-refractivity contribution in [3.05, 3.63) is 24.3 Å². The van der Waals surface area contributed by atoms with Crippen molar-refractivity contribution in [2.45, 2.75) is 46.7 Å². The fourth-order valence-electron chi connectivity index (χ4n) is 3.08. The largest absolute Gasteiger partial charge is 0.335 e. The standard InChI is InChI=1S/C20H30N4O3/c1-12(2)10-23-15-8-6-7-9-16(15)24(11-13(3)4)20(27)17(19(23)26)22-18(25)14(5)21/h6-9,12-14,17H,10-11,21H2,1-5H3,(H,22,25)/t14-/m0/s1. The van der Waals surface area contributed by atoms with Crippen molar-refractivity contribution < 1.29 is 14.4 Å². The SMILES string of the molecule is CC(C)CN1C(=O)C(NC(=O)[C@H](C)N)C(=O)N(CC(C)C)c2ccccc21. The Hall–Kier alpha value is -2.41. The number of nitrogens with zero attached hydrogens (tertiary/aromatic N) is 2. The number of rotatable bonds is 6. The van der Waals surface area contributed by atoms with Crippen LogP contribution in [0.25, 0.3) is 0 Å². The maximum atomic E-state index is 13.3. The van der Waals surface area contributed by atoms with E-state index in [2.05, 4.69) is 5.32 Å². The van der Waals surface area contributed by atoms with E-state index >= 15 is 0 Å². The molecule has 1 heterocycles. The summed E-state index contributed by atoms with van der Waals surface area (Å²) in [6.07, 6.45) is 0. The third-order valence-corrected chi connectivity index (χ3v) is 4.28. The second kappa shape index (κ2) is 8.52. The number of anilines is 2. The molecule has 0 radical (unpaired) electrons. The van der Waals surface area contributed by atoms with Crippen LogP contribution in [0.4, 0.5) is 11.4 Å². The minimum absolute atomic E-state index is 0.193. The van der Waals surface area contributed by atoms with E-state index < -0.39 is 29.8 Å². The molecule has 27 heavy (non-hydrogen) atoms. The molecule has 0 saturated heterocycles. The third-order valence-electron chi connectivity index (χ3n) is 4.28. The van der Waals surface area contributed by atoms with Crippen LogP contribution in [-0.2, 0) is 14.4 Å². The number of amides is 3. The van der Waals surface area contributed by atoms with Crippen molar-refractivity contribution in [3.63, 3.8) is 0 Å². The van der Waals surface area contributed by atoms with Gasteiger partial charge in [0.1, 0.15) is 0 Å². The molecule has 7 heteroatoms. The van der Waals surface area contributed by atoms with Gasteiger partial charge in [-0.05, 0) is 30.9 Å². The Balaban J connectivity index is 2.57. The first-order valence-corrected chi connectivity index (χ1v) is 9.41. The van der Waals surface area contributed by atoms with Gasteiger partial charge < -0.3 is 20.9 Å². The summed E-state index contributed by atoms with van der Waals surface area (Å²) in [7, 11) is 0. The Bertz CT molecular complexity index is 666. The van der Waals surface area contributed by atoms with Crippen molar-refractivity contribution in [3.8, 4) is 0 Å². The molecule has 7 nitrogen and oxygen atoms in total. The van der Waals surface area contributed by atoms with Gasteiger partial charge >= 0.3 is 0 Å². The molecule has 0 aromatic heterocycles. The first kappa shape index (κ1) is 20.9. The highest BCUT2D eigenvalue weighted by atomic mass is 16.2. The molecular weight excluding hydrogens is 344 g/mol. The highest BCUT2D eigenvalue weighted by Crippen LogP contribution is 2.34. The van der Waals surface area contributed by atoms with Crippen LogP contribution in [0.3, 0.4) is 0 Å². The van der Waals surface area contributed by atoms with Crippen LogP contribution in [0.1, 0.15) is 34.6 Å². The summed E-state index contributed by atoms with van der Waals surface area (Å²) >= 11 is 0. The molecule has 3 amide bonds. The Morgan fingerprint density at radius 3 is 1.70 bits per heavy atom. The molecule has 1 aromatic rings. The molecule has 0 saturated carbocycles. The Morgan fingerprint density at radius 1 is 0.963 bits per heavy atom. The van der Waals surface area contributed by atoms with Crippen molar-refractivity contribution in [2.24, 2.45) is 17.6 Å². The monoisotopic (exact) mass is 374 g/mol. The Kier molecular flexibility index (Phi) is 6.59. The number of para-hydroxylation sites is 2. The summed E-state index contributed by atoms with van der Waals surface area (Å²) in [6.45, 7) is 10.4. The maximum absolute atomic E-state index is 13.3. The summed E-state index contributed by atoms with van der Waals surface area (Å²) in [6, 6.07) is 5.27. The predicted molar refractivity (Wildman–Crippen MR) is 106 cm³/mol. The molecule has 0 aliphatic carbocycles. The lowest BCUT2D eigenvalue weighted by Gasteiger charge is -2.27. The third kappa shape index (κ3) is 4.66. The smallest absolute Gasteiger partial charge is 0.259 e. The number of hydrogen-bond donors (Lipinski definition) is 2. The van der Waals surface area contributed by atoms with Crippen LogP contribution >= 0.6 is 0 Å². The van der Waals surface area contributed by atoms with Gasteiger partial charge in [-0.15, -0.1) is 0 Å². The molecule has 3 N–H and O–H groups in total. The number of hydrogen-bond acceptors (Lipinski definition) is 4. The second-order valence-corrected chi connectivity index (χ2v) is 7.90. The van der Waals surface area contributed by atoms with Crippen LogP contribution in [-0.4, -0.2) is 42.9 Å². The highest BCUT2D eigenvalue weighted by Gasteiger charge is 2.41. The first-order chi connectivity index (χ1) is 12.6. The number of carbonyl (C=O) groups excluding carboxylic acids is 3. The summed E-state index contributed by atoms with van der Waals surface area (Å²) in [5.41, 5.74) is 7.00. The fraction of sp³-hybridized carbons (Fsp3) is 0.550. The van der Waals surface area contributed by atoms with E-state index in [-0.39, 0.29) is 11.8 Å². The lowest BCUT2D eigenvalue weighted by molar-refractivity contribution is -0.134. The number of nitrogens with one attached hydrogen (secondary N) is 1. The van der Waals surface area contributed by atoms with E-state index in [9.17, 15) is 14.4 Å². The molecule has 0 spiro atoms. The zero-order chi connectivity index (χ0) is 20.3. The van der Waals surface area contributed by atoms with E-state index in [0.717, 1.165) is 0 Å². The predicted octanol–water partition coefficient (Wildman–Crippen LogP) is 1.51. The van der Waals surface area contributed by atoms with E-state index in [0.29, 0.717) is 24.5 Å². The topological polar surface area (TPSA) is 95.7 Å². The van der Waals surface area contributed by atoms with Crippen LogP contribution in [0.5, 0.6) is 0 Å². The Labute approximate surface area is 160 Å². The fourth-order valence-corrected chi connectivity index (χ4v) is 3.08. The van der Waals surface area contributed by atoms with Gasteiger partial charge in [0, 0.05) is 13.1 Å². The first-order valence-electron chi connectivity index (χ1n) is 9.41. The van der Waals surface area contributed by atoms with E-state index in [1.165, 1.54) is 6.92 Å². The summed E-state index contributed by atoms with van der Waals surface area (Å²) in [4.78, 5) is 41.9. The van der Waals surface area contributed by atoms with E-state index in [1.807, 2.05) is 52.0 Å². The lowest BCUT2D eigenvalue weighted by Crippen LogP contribution is -2.58. The number of benzene rings is 1. The number of fused-ring (bicyclic) bond motifs is 1. The minimum atomic E-state index is -1.28. The van der Waals surface area contributed by atoms with Crippen molar-refractivity contribution in [1.29, 1.82) is 0 Å². The zero-order valence-electron chi connectivity index (χ0n) is 16.7. The highest BCUT2D eigenvalue weighted by molar-refractivity contribution is 6.21. The molecule has 0 fully saturated rings. The van der Waals surface area contributed by atoms with E-state index in [1.54, 1.807) is 9.80 Å². The zero-order valence-corrected chi connectivity index (χ0v) is 16.7. The van der Waals surface area contributed by atoms with Crippen molar-refractivity contribution in [1.82, 2.24) is 5.32 Å². The Morgan fingerprint density at radius 2 is 1.37 bits per heavy atom. The molecule has 1 atom stereocenters. The van der Waals surface area contributed by atoms with Gasteiger partial charge in [0.05, 0.1) is 17.4 Å². The lowest BCUT2D eigenvalue weighted by atomic mass is 10.1. The van der Waals surface area contributed by atoms with Crippen molar-refractivity contribution in [2.75, 3.05) is 22.9 Å². The molecule has 1 aromatic carbocycles. The van der Waals surface area contributed by atoms with Crippen molar-refractivity contribution >= 4 is 29.1 Å². The average molecular weight is 374 g/mol. The second-order valence-electron chi connectivity index (χ2n) is 7.90. The molecule has 1 aliphatic rings. The average Bonchev–Trinajstić information content (AvgIpc) is 2.66. The molecule has 2 rings (SSSR count). The van der Waals surface area contributed by atoms with E-state index in [4.69, 9.17) is 5.73 Å². The van der Waals surface area contributed by atoms with Crippen LogP contribution in [0.15, 0.2) is 24.3 Å². The van der Waals surface area contributed by atoms with Gasteiger partial charge in [-0.25, -0.2) is 0 Å². The maximum Gasteiger partial charge on any atom is 0.259 e. The van der Waals surface area contributed by atoms with Gasteiger partial charge in [0.25, 0.3) is 11.8 Å². The quantitative estimate of drug-likeness (QED) is 0.738. The minimum Gasteiger partial charge on any atom is -0.335 e. The summed E-state index contributed by atoms with van der Waals surface area (Å²) in [5, 5.41) is 2.55. The van der Waals surface area contributed by atoms with Crippen LogP contribution < -0.4 is 20.9 Å². The molecule has 1 aliphatic heterocycles. The van der Waals surface area contributed by atoms with Crippen LogP contribution in [0, 0.1) is 11.8 Å². The number of carbonyl (C=O) groups is 3. The summed E-state index contributed by atoms with van der Waals surface area (Å²) in [5.74, 6) is -0.999. The molecule has 148 valence electrons. The normalized spacial score (nSPS) is 16.6. The van der Waals surface area contributed by atoms with Gasteiger partial charge in [-0.3, -0.25) is 14.4 Å². The molecule has 0 unspecified atom stereocenters. The molecule has 0 bridgehead atoms. The molecular formula is C20H30N4O3.